The standard InChI is InChI=1S/C30H50O4Si/c1-20(31)34-25-15-18-30(19-33-35(9,10)26(2,3)4)21(27(25,5)6)13-16-28(7)22-11-12-24(32)29(22,8)17-14-23(28)30/h13,22-23,25H,11-12,14-19H2,1-10H3/t22-,23-,25?,28-,29+,30+/m0/s1. The predicted molar refractivity (Wildman–Crippen MR) is 144 cm³/mol. The van der Waals surface area contributed by atoms with Crippen molar-refractivity contribution in [3.63, 3.8) is 0 Å². The number of carbonyl (C=O) groups excluding carboxylic acids is 2. The van der Waals surface area contributed by atoms with Gasteiger partial charge in [0.2, 0.25) is 0 Å². The van der Waals surface area contributed by atoms with Crippen LogP contribution in [0.3, 0.4) is 0 Å². The number of Topliss-reactive ketones (excluding diaryl/α,β-unsaturated/α-hetero) is 1. The van der Waals surface area contributed by atoms with E-state index in [0.29, 0.717) is 17.6 Å². The monoisotopic (exact) mass is 502 g/mol. The molecule has 0 saturated heterocycles. The molecule has 0 spiro atoms. The maximum atomic E-state index is 13.0. The molecular weight excluding hydrogens is 452 g/mol. The zero-order valence-electron chi connectivity index (χ0n) is 24.1. The third kappa shape index (κ3) is 3.93. The van der Waals surface area contributed by atoms with Gasteiger partial charge in [0, 0.05) is 36.2 Å². The van der Waals surface area contributed by atoms with Gasteiger partial charge in [-0.15, -0.1) is 0 Å². The molecule has 3 saturated carbocycles. The molecule has 0 N–H and O–H groups in total. The fraction of sp³-hybridized carbons (Fsp3) is 0.867. The van der Waals surface area contributed by atoms with Crippen LogP contribution in [0.2, 0.25) is 18.1 Å². The molecule has 0 heterocycles. The number of allylic oxidation sites excluding steroid dienone is 1. The smallest absolute Gasteiger partial charge is 0.302 e. The summed E-state index contributed by atoms with van der Waals surface area (Å²) in [6, 6.07) is 0. The van der Waals surface area contributed by atoms with E-state index >= 15 is 0 Å². The Morgan fingerprint density at radius 2 is 1.71 bits per heavy atom. The van der Waals surface area contributed by atoms with E-state index in [-0.39, 0.29) is 38.8 Å². The molecule has 198 valence electrons. The van der Waals surface area contributed by atoms with E-state index in [1.165, 1.54) is 12.5 Å². The molecule has 0 amide bonds. The largest absolute Gasteiger partial charge is 0.462 e. The number of rotatable bonds is 4. The third-order valence-electron chi connectivity index (χ3n) is 11.7. The Morgan fingerprint density at radius 3 is 2.31 bits per heavy atom. The van der Waals surface area contributed by atoms with Crippen molar-refractivity contribution >= 4 is 20.1 Å². The number of fused-ring (bicyclic) bond motifs is 5. The van der Waals surface area contributed by atoms with Crippen LogP contribution in [-0.2, 0) is 18.8 Å². The van der Waals surface area contributed by atoms with Gasteiger partial charge in [0.05, 0.1) is 0 Å². The lowest BCUT2D eigenvalue weighted by molar-refractivity contribution is -0.165. The van der Waals surface area contributed by atoms with Crippen molar-refractivity contribution in [2.24, 2.45) is 33.5 Å². The summed E-state index contributed by atoms with van der Waals surface area (Å²) in [6.07, 6.45) is 9.15. The summed E-state index contributed by atoms with van der Waals surface area (Å²) in [5, 5.41) is 0.152. The van der Waals surface area contributed by atoms with Gasteiger partial charge in [-0.05, 0) is 73.9 Å². The van der Waals surface area contributed by atoms with Gasteiger partial charge in [-0.25, -0.2) is 0 Å². The molecule has 1 unspecified atom stereocenters. The topological polar surface area (TPSA) is 52.6 Å². The molecule has 0 aromatic carbocycles. The van der Waals surface area contributed by atoms with Crippen LogP contribution in [0.1, 0.15) is 100 Å². The summed E-state index contributed by atoms with van der Waals surface area (Å²) in [5.41, 5.74) is 1.10. The minimum Gasteiger partial charge on any atom is -0.462 e. The van der Waals surface area contributed by atoms with Gasteiger partial charge >= 0.3 is 5.97 Å². The average Bonchev–Trinajstić information content (AvgIpc) is 3.03. The highest BCUT2D eigenvalue weighted by Crippen LogP contribution is 2.71. The van der Waals surface area contributed by atoms with Crippen molar-refractivity contribution < 1.29 is 18.8 Å². The highest BCUT2D eigenvalue weighted by molar-refractivity contribution is 6.74. The molecule has 0 aliphatic heterocycles. The molecular formula is C30H50O4Si. The fourth-order valence-corrected chi connectivity index (χ4v) is 9.74. The van der Waals surface area contributed by atoms with Gasteiger partial charge < -0.3 is 9.16 Å². The van der Waals surface area contributed by atoms with Crippen LogP contribution in [0.4, 0.5) is 0 Å². The molecule has 4 nitrogen and oxygen atoms in total. The van der Waals surface area contributed by atoms with Gasteiger partial charge in [0.25, 0.3) is 0 Å². The number of hydrogen-bond donors (Lipinski definition) is 0. The van der Waals surface area contributed by atoms with Crippen molar-refractivity contribution in [3.05, 3.63) is 11.6 Å². The first-order valence-electron chi connectivity index (χ1n) is 14.0. The second-order valence-electron chi connectivity index (χ2n) is 14.9. The number of ketones is 1. The zero-order chi connectivity index (χ0) is 26.2. The summed E-state index contributed by atoms with van der Waals surface area (Å²) in [4.78, 5) is 25.0. The first kappa shape index (κ1) is 27.1. The molecule has 5 heteroatoms. The summed E-state index contributed by atoms with van der Waals surface area (Å²) in [6.45, 7) is 23.3. The van der Waals surface area contributed by atoms with Gasteiger partial charge in [0.15, 0.2) is 8.32 Å². The number of hydrogen-bond acceptors (Lipinski definition) is 4. The third-order valence-corrected chi connectivity index (χ3v) is 16.2. The van der Waals surface area contributed by atoms with Crippen LogP contribution >= 0.6 is 0 Å². The van der Waals surface area contributed by atoms with Gasteiger partial charge in [-0.2, -0.15) is 0 Å². The van der Waals surface area contributed by atoms with Crippen molar-refractivity contribution in [1.82, 2.24) is 0 Å². The van der Waals surface area contributed by atoms with E-state index in [2.05, 4.69) is 67.6 Å². The SMILES string of the molecule is CC(=O)OC1CC[C@@]2(CO[Si](C)(C)C(C)(C)C)C(=CC[C@]3(C)[C@@H]2CC[C@@]2(C)C(=O)CC[C@@H]32)C1(C)C. The second-order valence-corrected chi connectivity index (χ2v) is 19.7. The Morgan fingerprint density at radius 1 is 1.06 bits per heavy atom. The van der Waals surface area contributed by atoms with Crippen molar-refractivity contribution in [3.8, 4) is 0 Å². The molecule has 35 heavy (non-hydrogen) atoms. The molecule has 3 fully saturated rings. The second kappa shape index (κ2) is 8.28. The van der Waals surface area contributed by atoms with E-state index in [4.69, 9.17) is 9.16 Å². The summed E-state index contributed by atoms with van der Waals surface area (Å²) < 4.78 is 13.0. The van der Waals surface area contributed by atoms with Crippen LogP contribution in [0.25, 0.3) is 0 Å². The molecule has 0 bridgehead atoms. The summed E-state index contributed by atoms with van der Waals surface area (Å²) >= 11 is 0. The quantitative estimate of drug-likeness (QED) is 0.227. The lowest BCUT2D eigenvalue weighted by atomic mass is 9.40. The Kier molecular flexibility index (Phi) is 6.41. The van der Waals surface area contributed by atoms with E-state index in [0.717, 1.165) is 51.6 Å². The van der Waals surface area contributed by atoms with E-state index < -0.39 is 8.32 Å². The number of carbonyl (C=O) groups is 2. The highest BCUT2D eigenvalue weighted by atomic mass is 28.4. The molecule has 4 rings (SSSR count). The molecule has 6 atom stereocenters. The first-order valence-corrected chi connectivity index (χ1v) is 16.9. The number of esters is 1. The van der Waals surface area contributed by atoms with Crippen LogP contribution in [0.15, 0.2) is 11.6 Å². The van der Waals surface area contributed by atoms with Gasteiger partial charge in [-0.1, -0.05) is 60.1 Å². The summed E-state index contributed by atoms with van der Waals surface area (Å²) in [7, 11) is -1.96. The molecule has 4 aliphatic carbocycles. The van der Waals surface area contributed by atoms with Crippen molar-refractivity contribution in [2.45, 2.75) is 125 Å². The van der Waals surface area contributed by atoms with Crippen molar-refractivity contribution in [2.75, 3.05) is 6.61 Å². The Balaban J connectivity index is 1.80. The van der Waals surface area contributed by atoms with Crippen LogP contribution in [0, 0.1) is 33.5 Å². The molecule has 0 radical (unpaired) electrons. The molecule has 4 aliphatic rings. The van der Waals surface area contributed by atoms with E-state index in [1.54, 1.807) is 0 Å². The lowest BCUT2D eigenvalue weighted by Gasteiger charge is -2.65. The van der Waals surface area contributed by atoms with Gasteiger partial charge in [-0.3, -0.25) is 9.59 Å². The zero-order valence-corrected chi connectivity index (χ0v) is 25.1. The van der Waals surface area contributed by atoms with Crippen LogP contribution in [-0.4, -0.2) is 32.8 Å². The lowest BCUT2D eigenvalue weighted by Crippen LogP contribution is -2.62. The first-order chi connectivity index (χ1) is 15.9. The van der Waals surface area contributed by atoms with Gasteiger partial charge in [0.1, 0.15) is 11.9 Å². The van der Waals surface area contributed by atoms with Crippen LogP contribution in [0.5, 0.6) is 0 Å². The maximum Gasteiger partial charge on any atom is 0.302 e. The molecule has 0 aromatic rings. The van der Waals surface area contributed by atoms with Crippen LogP contribution < -0.4 is 0 Å². The maximum absolute atomic E-state index is 13.0. The minimum atomic E-state index is -1.96. The normalized spacial score (nSPS) is 40.9. The fourth-order valence-electron chi connectivity index (χ4n) is 8.69. The number of ether oxygens (including phenoxy) is 1. The Labute approximate surface area is 215 Å². The highest BCUT2D eigenvalue weighted by Gasteiger charge is 2.67. The Bertz CT molecular complexity index is 927. The van der Waals surface area contributed by atoms with E-state index in [9.17, 15) is 9.59 Å². The summed E-state index contributed by atoms with van der Waals surface area (Å²) in [5.74, 6) is 1.23. The minimum absolute atomic E-state index is 0.0599. The molecule has 0 aromatic heterocycles. The van der Waals surface area contributed by atoms with Crippen molar-refractivity contribution in [1.29, 1.82) is 0 Å². The average molecular weight is 503 g/mol. The van der Waals surface area contributed by atoms with E-state index in [1.807, 2.05) is 0 Å². The predicted octanol–water partition coefficient (Wildman–Crippen LogP) is 7.48. The Hall–Kier alpha value is -0.943.